The maximum Gasteiger partial charge on any atom is 0.410 e. The topological polar surface area (TPSA) is 87.1 Å². The van der Waals surface area contributed by atoms with Gasteiger partial charge in [0.25, 0.3) is 0 Å². The normalized spacial score (nSPS) is 15.9. The Balaban J connectivity index is 1.60. The van der Waals surface area contributed by atoms with Crippen molar-refractivity contribution in [3.63, 3.8) is 0 Å². The minimum Gasteiger partial charge on any atom is -0.478 e. The molecule has 8 heteroatoms. The van der Waals surface area contributed by atoms with Crippen molar-refractivity contribution < 1.29 is 28.9 Å². The summed E-state index contributed by atoms with van der Waals surface area (Å²) in [4.78, 5) is 26.1. The molecule has 38 heavy (non-hydrogen) atoms. The van der Waals surface area contributed by atoms with Crippen molar-refractivity contribution in [1.82, 2.24) is 4.90 Å². The standard InChI is InChI=1S/C30H31ClFNO5/c1-30(2,3)38-29(37)33(17-27(34)19-6-10-23(31)11-7-19)24-12-8-18-4-5-20(14-22(18)15-24)21-9-13-25(28(35)36)26(32)16-21/h4-7,9-11,13-14,16,24,27,34H,8,12,15,17H2,1-3H3,(H,35,36). The summed E-state index contributed by atoms with van der Waals surface area (Å²) in [6.07, 6.45) is 0.527. The number of halogens is 2. The molecular weight excluding hydrogens is 509 g/mol. The van der Waals surface area contributed by atoms with Gasteiger partial charge in [0, 0.05) is 11.1 Å². The fraction of sp³-hybridized carbons (Fsp3) is 0.333. The van der Waals surface area contributed by atoms with Crippen LogP contribution in [-0.4, -0.2) is 45.4 Å². The van der Waals surface area contributed by atoms with Crippen LogP contribution in [0.25, 0.3) is 11.1 Å². The highest BCUT2D eigenvalue weighted by molar-refractivity contribution is 6.30. The van der Waals surface area contributed by atoms with E-state index in [4.69, 9.17) is 21.4 Å². The van der Waals surface area contributed by atoms with Gasteiger partial charge in [-0.3, -0.25) is 0 Å². The molecule has 0 radical (unpaired) electrons. The fourth-order valence-electron chi connectivity index (χ4n) is 4.72. The summed E-state index contributed by atoms with van der Waals surface area (Å²) in [7, 11) is 0. The molecule has 200 valence electrons. The second-order valence-electron chi connectivity index (χ2n) is 10.6. The lowest BCUT2D eigenvalue weighted by Gasteiger charge is -2.37. The zero-order chi connectivity index (χ0) is 27.6. The molecule has 0 saturated carbocycles. The van der Waals surface area contributed by atoms with E-state index in [2.05, 4.69) is 0 Å². The molecule has 6 nitrogen and oxygen atoms in total. The number of nitrogens with zero attached hydrogens (tertiary/aromatic N) is 1. The predicted molar refractivity (Wildman–Crippen MR) is 144 cm³/mol. The van der Waals surface area contributed by atoms with Crippen molar-refractivity contribution in [2.24, 2.45) is 0 Å². The van der Waals surface area contributed by atoms with E-state index >= 15 is 0 Å². The summed E-state index contributed by atoms with van der Waals surface area (Å²) in [6.45, 7) is 5.46. The van der Waals surface area contributed by atoms with Crippen molar-refractivity contribution in [3.8, 4) is 11.1 Å². The molecule has 0 bridgehead atoms. The summed E-state index contributed by atoms with van der Waals surface area (Å²) in [6, 6.07) is 16.6. The first kappa shape index (κ1) is 27.6. The van der Waals surface area contributed by atoms with E-state index in [-0.39, 0.29) is 18.2 Å². The van der Waals surface area contributed by atoms with E-state index in [1.165, 1.54) is 12.1 Å². The summed E-state index contributed by atoms with van der Waals surface area (Å²) in [5, 5.41) is 20.6. The molecule has 0 heterocycles. The van der Waals surface area contributed by atoms with Crippen molar-refractivity contribution in [1.29, 1.82) is 0 Å². The molecule has 0 spiro atoms. The predicted octanol–water partition coefficient (Wildman–Crippen LogP) is 6.67. The molecule has 0 saturated heterocycles. The summed E-state index contributed by atoms with van der Waals surface area (Å²) in [5.74, 6) is -2.11. The van der Waals surface area contributed by atoms with Gasteiger partial charge in [0.15, 0.2) is 0 Å². The highest BCUT2D eigenvalue weighted by Gasteiger charge is 2.33. The number of ether oxygens (including phenoxy) is 1. The maximum atomic E-state index is 14.3. The number of amides is 1. The minimum atomic E-state index is -1.31. The number of fused-ring (bicyclic) bond motifs is 1. The lowest BCUT2D eigenvalue weighted by atomic mass is 9.85. The van der Waals surface area contributed by atoms with Gasteiger partial charge in [-0.25, -0.2) is 14.0 Å². The number of aryl methyl sites for hydroxylation is 1. The molecule has 1 aliphatic rings. The largest absolute Gasteiger partial charge is 0.478 e. The lowest BCUT2D eigenvalue weighted by molar-refractivity contribution is 0.00194. The molecule has 0 aromatic heterocycles. The Kier molecular flexibility index (Phi) is 8.09. The third-order valence-corrected chi connectivity index (χ3v) is 6.89. The van der Waals surface area contributed by atoms with Crippen LogP contribution in [0.1, 0.15) is 60.3 Å². The van der Waals surface area contributed by atoms with Crippen LogP contribution < -0.4 is 0 Å². The number of benzene rings is 3. The Morgan fingerprint density at radius 2 is 1.71 bits per heavy atom. The molecule has 0 fully saturated rings. The van der Waals surface area contributed by atoms with Gasteiger partial charge in [-0.1, -0.05) is 48.0 Å². The van der Waals surface area contributed by atoms with Crippen LogP contribution in [0, 0.1) is 5.82 Å². The minimum absolute atomic E-state index is 0.0537. The van der Waals surface area contributed by atoms with Crippen LogP contribution in [0.4, 0.5) is 9.18 Å². The Morgan fingerprint density at radius 3 is 2.34 bits per heavy atom. The van der Waals surface area contributed by atoms with Gasteiger partial charge in [-0.15, -0.1) is 0 Å². The molecular formula is C30H31ClFNO5. The SMILES string of the molecule is CC(C)(C)OC(=O)N(CC(O)c1ccc(Cl)cc1)C1CCc2ccc(-c3ccc(C(=O)O)c(F)c3)cc2C1. The number of carbonyl (C=O) groups excluding carboxylic acids is 1. The third kappa shape index (κ3) is 6.52. The first-order valence-corrected chi connectivity index (χ1v) is 12.9. The average Bonchev–Trinajstić information content (AvgIpc) is 2.85. The Labute approximate surface area is 226 Å². The van der Waals surface area contributed by atoms with Gasteiger partial charge >= 0.3 is 12.1 Å². The number of hydrogen-bond donors (Lipinski definition) is 2. The average molecular weight is 540 g/mol. The number of aliphatic hydroxyl groups is 1. The molecule has 3 aromatic rings. The highest BCUT2D eigenvalue weighted by Crippen LogP contribution is 2.32. The number of carboxylic acid groups (broad SMARTS) is 1. The molecule has 2 N–H and O–H groups in total. The molecule has 0 aliphatic heterocycles. The number of hydrogen-bond acceptors (Lipinski definition) is 4. The summed E-state index contributed by atoms with van der Waals surface area (Å²) in [5.41, 5.74) is 3.04. The van der Waals surface area contributed by atoms with Gasteiger partial charge in [-0.05, 0) is 92.1 Å². The van der Waals surface area contributed by atoms with Gasteiger partial charge < -0.3 is 19.8 Å². The number of rotatable bonds is 6. The zero-order valence-corrected chi connectivity index (χ0v) is 22.3. The van der Waals surface area contributed by atoms with Gasteiger partial charge in [0.2, 0.25) is 0 Å². The highest BCUT2D eigenvalue weighted by atomic mass is 35.5. The molecule has 1 amide bonds. The second kappa shape index (κ2) is 11.1. The van der Waals surface area contributed by atoms with Crippen LogP contribution in [0.15, 0.2) is 60.7 Å². The zero-order valence-electron chi connectivity index (χ0n) is 21.6. The summed E-state index contributed by atoms with van der Waals surface area (Å²) < 4.78 is 20.0. The molecule has 2 unspecified atom stereocenters. The lowest BCUT2D eigenvalue weighted by Crippen LogP contribution is -2.47. The Morgan fingerprint density at radius 1 is 1.05 bits per heavy atom. The van der Waals surface area contributed by atoms with Gasteiger partial charge in [0.1, 0.15) is 11.4 Å². The smallest absolute Gasteiger partial charge is 0.410 e. The van der Waals surface area contributed by atoms with Crippen LogP contribution in [0.5, 0.6) is 0 Å². The van der Waals surface area contributed by atoms with Gasteiger partial charge in [-0.2, -0.15) is 0 Å². The van der Waals surface area contributed by atoms with Crippen molar-refractivity contribution >= 4 is 23.7 Å². The molecule has 1 aliphatic carbocycles. The number of carbonyl (C=O) groups is 2. The number of aromatic carboxylic acids is 1. The van der Waals surface area contributed by atoms with Crippen LogP contribution in [-0.2, 0) is 17.6 Å². The second-order valence-corrected chi connectivity index (χ2v) is 11.0. The number of aliphatic hydroxyl groups excluding tert-OH is 1. The summed E-state index contributed by atoms with van der Waals surface area (Å²) >= 11 is 5.99. The van der Waals surface area contributed by atoms with E-state index in [0.29, 0.717) is 29.0 Å². The van der Waals surface area contributed by atoms with Gasteiger partial charge in [0.05, 0.1) is 18.2 Å². The van der Waals surface area contributed by atoms with Crippen LogP contribution in [0.2, 0.25) is 5.02 Å². The Bertz CT molecular complexity index is 1340. The quantitative estimate of drug-likeness (QED) is 0.365. The first-order valence-electron chi connectivity index (χ1n) is 12.5. The van der Waals surface area contributed by atoms with Crippen molar-refractivity contribution in [3.05, 3.63) is 93.8 Å². The maximum absolute atomic E-state index is 14.3. The Hall–Kier alpha value is -3.42. The molecule has 2 atom stereocenters. The van der Waals surface area contributed by atoms with E-state index < -0.39 is 29.6 Å². The van der Waals surface area contributed by atoms with E-state index in [1.54, 1.807) is 56.0 Å². The first-order chi connectivity index (χ1) is 17.9. The van der Waals surface area contributed by atoms with Crippen LogP contribution >= 0.6 is 11.6 Å². The third-order valence-electron chi connectivity index (χ3n) is 6.63. The van der Waals surface area contributed by atoms with Crippen LogP contribution in [0.3, 0.4) is 0 Å². The monoisotopic (exact) mass is 539 g/mol. The molecule has 3 aromatic carbocycles. The number of carboxylic acids is 1. The van der Waals surface area contributed by atoms with E-state index in [1.807, 2.05) is 18.2 Å². The molecule has 4 rings (SSSR count). The van der Waals surface area contributed by atoms with Crippen molar-refractivity contribution in [2.45, 2.75) is 57.8 Å². The van der Waals surface area contributed by atoms with E-state index in [0.717, 1.165) is 23.1 Å². The fourth-order valence-corrected chi connectivity index (χ4v) is 4.85. The van der Waals surface area contributed by atoms with Crippen molar-refractivity contribution in [2.75, 3.05) is 6.54 Å². The van der Waals surface area contributed by atoms with E-state index in [9.17, 15) is 19.1 Å².